The number of ether oxygens (including phenoxy) is 1. The van der Waals surface area contributed by atoms with E-state index in [1.54, 1.807) is 25.3 Å². The zero-order valence-electron chi connectivity index (χ0n) is 11.6. The van der Waals surface area contributed by atoms with Gasteiger partial charge in [-0.1, -0.05) is 11.6 Å². The minimum Gasteiger partial charge on any atom is -0.496 e. The van der Waals surface area contributed by atoms with E-state index in [2.05, 4.69) is 5.32 Å². The van der Waals surface area contributed by atoms with Gasteiger partial charge in [0, 0.05) is 23.7 Å². The maximum atomic E-state index is 12.9. The Morgan fingerprint density at radius 3 is 2.95 bits per heavy atom. The molecule has 1 aromatic carbocycles. The summed E-state index contributed by atoms with van der Waals surface area (Å²) in [5.74, 6) is 0.636. The van der Waals surface area contributed by atoms with Crippen molar-refractivity contribution in [2.24, 2.45) is 0 Å². The van der Waals surface area contributed by atoms with Gasteiger partial charge in [-0.05, 0) is 44.0 Å². The fourth-order valence-electron chi connectivity index (χ4n) is 3.30. The summed E-state index contributed by atoms with van der Waals surface area (Å²) in [6.45, 7) is 1.86. The maximum absolute atomic E-state index is 12.9. The number of methoxy groups -OCH3 is 1. The minimum absolute atomic E-state index is 0.0422. The monoisotopic (exact) mass is 294 g/mol. The van der Waals surface area contributed by atoms with Gasteiger partial charge >= 0.3 is 0 Å². The second-order valence-electron chi connectivity index (χ2n) is 5.43. The molecule has 20 heavy (non-hydrogen) atoms. The van der Waals surface area contributed by atoms with Crippen molar-refractivity contribution in [3.63, 3.8) is 0 Å². The van der Waals surface area contributed by atoms with E-state index in [0.29, 0.717) is 28.4 Å². The smallest absolute Gasteiger partial charge is 0.258 e. The molecule has 3 rings (SSSR count). The SMILES string of the molecule is COc1ccc(Cl)cc1C(=O)N1C2CCNCC1CC2. The number of nitrogens with one attached hydrogen (secondary N) is 1. The predicted octanol–water partition coefficient (Wildman–Crippen LogP) is 2.32. The number of nitrogens with zero attached hydrogens (tertiary/aromatic N) is 1. The Balaban J connectivity index is 1.94. The van der Waals surface area contributed by atoms with Crippen LogP contribution >= 0.6 is 11.6 Å². The first-order valence-corrected chi connectivity index (χ1v) is 7.45. The topological polar surface area (TPSA) is 41.6 Å². The summed E-state index contributed by atoms with van der Waals surface area (Å²) in [6.07, 6.45) is 3.19. The fraction of sp³-hybridized carbons (Fsp3) is 0.533. The van der Waals surface area contributed by atoms with Gasteiger partial charge in [0.15, 0.2) is 0 Å². The number of fused-ring (bicyclic) bond motifs is 2. The molecule has 2 aliphatic heterocycles. The normalized spacial score (nSPS) is 25.4. The van der Waals surface area contributed by atoms with Gasteiger partial charge in [0.2, 0.25) is 0 Å². The molecule has 0 aliphatic carbocycles. The quantitative estimate of drug-likeness (QED) is 0.910. The molecule has 2 atom stereocenters. The Morgan fingerprint density at radius 1 is 1.35 bits per heavy atom. The van der Waals surface area contributed by atoms with Gasteiger partial charge < -0.3 is 15.0 Å². The highest BCUT2D eigenvalue weighted by Gasteiger charge is 2.39. The number of hydrogen-bond acceptors (Lipinski definition) is 3. The van der Waals surface area contributed by atoms with Gasteiger partial charge in [0.1, 0.15) is 5.75 Å². The van der Waals surface area contributed by atoms with Crippen LogP contribution < -0.4 is 10.1 Å². The van der Waals surface area contributed by atoms with Gasteiger partial charge in [-0.2, -0.15) is 0 Å². The van der Waals surface area contributed by atoms with Gasteiger partial charge in [0.05, 0.1) is 12.7 Å². The Bertz CT molecular complexity index is 507. The number of halogens is 1. The van der Waals surface area contributed by atoms with Crippen LogP contribution in [0.1, 0.15) is 29.6 Å². The summed E-state index contributed by atoms with van der Waals surface area (Å²) >= 11 is 6.04. The maximum Gasteiger partial charge on any atom is 0.258 e. The van der Waals surface area contributed by atoms with Crippen LogP contribution in [0, 0.1) is 0 Å². The lowest BCUT2D eigenvalue weighted by Gasteiger charge is -2.28. The number of carbonyl (C=O) groups is 1. The fourth-order valence-corrected chi connectivity index (χ4v) is 3.47. The largest absolute Gasteiger partial charge is 0.496 e. The number of hydrogen-bond donors (Lipinski definition) is 1. The molecule has 2 fully saturated rings. The molecule has 108 valence electrons. The number of rotatable bonds is 2. The van der Waals surface area contributed by atoms with Gasteiger partial charge in [-0.3, -0.25) is 4.79 Å². The van der Waals surface area contributed by atoms with Crippen molar-refractivity contribution in [1.29, 1.82) is 0 Å². The molecule has 0 spiro atoms. The summed E-state index contributed by atoms with van der Waals surface area (Å²) in [7, 11) is 1.58. The van der Waals surface area contributed by atoms with Gasteiger partial charge in [-0.25, -0.2) is 0 Å². The third-order valence-corrected chi connectivity index (χ3v) is 4.52. The van der Waals surface area contributed by atoms with Crippen LogP contribution in [0.25, 0.3) is 0 Å². The molecule has 1 amide bonds. The van der Waals surface area contributed by atoms with Crippen LogP contribution in [-0.2, 0) is 0 Å². The molecule has 0 saturated carbocycles. The lowest BCUT2D eigenvalue weighted by Crippen LogP contribution is -2.42. The Hall–Kier alpha value is -1.26. The number of carbonyl (C=O) groups excluding carboxylic acids is 1. The van der Waals surface area contributed by atoms with E-state index in [-0.39, 0.29) is 5.91 Å². The molecular weight excluding hydrogens is 276 g/mol. The van der Waals surface area contributed by atoms with Crippen LogP contribution in [0.2, 0.25) is 5.02 Å². The van der Waals surface area contributed by atoms with Crippen molar-refractivity contribution in [1.82, 2.24) is 10.2 Å². The van der Waals surface area contributed by atoms with Crippen LogP contribution in [0.4, 0.5) is 0 Å². The first-order chi connectivity index (χ1) is 9.70. The molecule has 1 N–H and O–H groups in total. The van der Waals surface area contributed by atoms with E-state index < -0.39 is 0 Å². The molecule has 2 saturated heterocycles. The van der Waals surface area contributed by atoms with Gasteiger partial charge in [0.25, 0.3) is 5.91 Å². The summed E-state index contributed by atoms with van der Waals surface area (Å²) in [5, 5.41) is 3.97. The van der Waals surface area contributed by atoms with Crippen LogP contribution in [0.5, 0.6) is 5.75 Å². The zero-order chi connectivity index (χ0) is 14.1. The molecule has 2 bridgehead atoms. The van der Waals surface area contributed by atoms with E-state index in [1.165, 1.54) is 0 Å². The van der Waals surface area contributed by atoms with Crippen molar-refractivity contribution in [2.45, 2.75) is 31.3 Å². The molecule has 0 aromatic heterocycles. The van der Waals surface area contributed by atoms with E-state index in [4.69, 9.17) is 16.3 Å². The lowest BCUT2D eigenvalue weighted by molar-refractivity contribution is 0.0677. The van der Waals surface area contributed by atoms with Crippen LogP contribution in [0.15, 0.2) is 18.2 Å². The lowest BCUT2D eigenvalue weighted by atomic mass is 10.1. The average molecular weight is 295 g/mol. The first-order valence-electron chi connectivity index (χ1n) is 7.07. The highest BCUT2D eigenvalue weighted by Crippen LogP contribution is 2.32. The molecule has 0 radical (unpaired) electrons. The standard InChI is InChI=1S/C15H19ClN2O2/c1-20-14-5-2-10(16)8-13(14)15(19)18-11-3-4-12(18)9-17-7-6-11/h2,5,8,11-12,17H,3-4,6-7,9H2,1H3. The van der Waals surface area contributed by atoms with Gasteiger partial charge in [-0.15, -0.1) is 0 Å². The van der Waals surface area contributed by atoms with E-state index in [1.807, 2.05) is 4.90 Å². The average Bonchev–Trinajstić information content (AvgIpc) is 2.71. The van der Waals surface area contributed by atoms with E-state index in [0.717, 1.165) is 32.4 Å². The molecular formula is C15H19ClN2O2. The van der Waals surface area contributed by atoms with Crippen molar-refractivity contribution in [3.05, 3.63) is 28.8 Å². The summed E-state index contributed by atoms with van der Waals surface area (Å²) < 4.78 is 5.31. The zero-order valence-corrected chi connectivity index (χ0v) is 12.3. The highest BCUT2D eigenvalue weighted by molar-refractivity contribution is 6.31. The summed E-state index contributed by atoms with van der Waals surface area (Å²) in [5.41, 5.74) is 0.568. The van der Waals surface area contributed by atoms with Crippen LogP contribution in [-0.4, -0.2) is 43.1 Å². The minimum atomic E-state index is 0.0422. The molecule has 2 aliphatic rings. The van der Waals surface area contributed by atoms with Crippen molar-refractivity contribution < 1.29 is 9.53 Å². The van der Waals surface area contributed by atoms with E-state index in [9.17, 15) is 4.79 Å². The molecule has 1 aromatic rings. The highest BCUT2D eigenvalue weighted by atomic mass is 35.5. The number of amides is 1. The second kappa shape index (κ2) is 5.62. The van der Waals surface area contributed by atoms with Crippen molar-refractivity contribution in [2.75, 3.05) is 20.2 Å². The second-order valence-corrected chi connectivity index (χ2v) is 5.87. The predicted molar refractivity (Wildman–Crippen MR) is 78.5 cm³/mol. The Kier molecular flexibility index (Phi) is 3.85. The molecule has 2 unspecified atom stereocenters. The number of benzene rings is 1. The third kappa shape index (κ3) is 2.38. The summed E-state index contributed by atoms with van der Waals surface area (Å²) in [4.78, 5) is 14.9. The molecule has 4 nitrogen and oxygen atoms in total. The van der Waals surface area contributed by atoms with Crippen molar-refractivity contribution >= 4 is 17.5 Å². The first kappa shape index (κ1) is 13.7. The van der Waals surface area contributed by atoms with Crippen LogP contribution in [0.3, 0.4) is 0 Å². The van der Waals surface area contributed by atoms with Crippen molar-refractivity contribution in [3.8, 4) is 5.75 Å². The summed E-state index contributed by atoms with van der Waals surface area (Å²) in [6, 6.07) is 5.84. The third-order valence-electron chi connectivity index (χ3n) is 4.28. The Labute approximate surface area is 124 Å². The molecule has 5 heteroatoms. The van der Waals surface area contributed by atoms with E-state index >= 15 is 0 Å². The molecule has 2 heterocycles. The Morgan fingerprint density at radius 2 is 2.15 bits per heavy atom.